The zero-order chi connectivity index (χ0) is 68.1. The van der Waals surface area contributed by atoms with Gasteiger partial charge < -0.3 is 34.2 Å². The Hall–Kier alpha value is -3.53. The van der Waals surface area contributed by atoms with E-state index in [9.17, 15) is 43.5 Å². The minimum Gasteiger partial charge on any atom is -0.463 e. The summed E-state index contributed by atoms with van der Waals surface area (Å²) in [5, 5.41) is 20.6. The number of phosphoric ester groups is 2. The van der Waals surface area contributed by atoms with Gasteiger partial charge in [-0.1, -0.05) is 259 Å². The molecule has 0 aromatic carbocycles. The second kappa shape index (κ2) is 68.4. The number of carbonyl (C=O) groups excluding carboxylic acids is 3. The molecule has 0 fully saturated rings. The number of phosphoric acid groups is 2. The summed E-state index contributed by atoms with van der Waals surface area (Å²) in [5.74, 6) is -1.60. The maximum atomic E-state index is 12.9. The number of ether oxygens (including phenoxy) is 3. The molecule has 18 heteroatoms. The predicted molar refractivity (Wildman–Crippen MR) is 381 cm³/mol. The van der Waals surface area contributed by atoms with Crippen LogP contribution in [0, 0.1) is 0 Å². The third kappa shape index (κ3) is 69.6. The average Bonchev–Trinajstić information content (AvgIpc) is 2.79. The summed E-state index contributed by atoms with van der Waals surface area (Å²) in [6, 6.07) is 0. The fourth-order valence-corrected chi connectivity index (χ4v) is 11.2. The summed E-state index contributed by atoms with van der Waals surface area (Å²) < 4.78 is 60.9. The van der Waals surface area contributed by atoms with Crippen molar-refractivity contribution in [3.63, 3.8) is 0 Å². The Morgan fingerprint density at radius 3 is 0.892 bits per heavy atom. The van der Waals surface area contributed by atoms with Gasteiger partial charge in [-0.2, -0.15) is 0 Å². The van der Waals surface area contributed by atoms with Crippen LogP contribution < -0.4 is 0 Å². The Morgan fingerprint density at radius 2 is 0.548 bits per heavy atom. The van der Waals surface area contributed by atoms with Gasteiger partial charge >= 0.3 is 33.6 Å². The highest BCUT2D eigenvalue weighted by molar-refractivity contribution is 7.47. The van der Waals surface area contributed by atoms with Crippen LogP contribution in [0.15, 0.2) is 97.2 Å². The minimum atomic E-state index is -4.93. The zero-order valence-electron chi connectivity index (χ0n) is 58.4. The van der Waals surface area contributed by atoms with Crippen molar-refractivity contribution in [3.05, 3.63) is 97.2 Å². The van der Waals surface area contributed by atoms with Crippen LogP contribution in [0.3, 0.4) is 0 Å². The number of unbranched alkanes of at least 4 members (excludes halogenated alkanes) is 30. The number of allylic oxidation sites excluding steroid dienone is 16. The fourth-order valence-electron chi connectivity index (χ4n) is 9.60. The molecule has 0 aliphatic rings. The van der Waals surface area contributed by atoms with E-state index in [4.69, 9.17) is 32.3 Å². The molecule has 0 saturated heterocycles. The molecular weight excluding hydrogens is 1220 g/mol. The van der Waals surface area contributed by atoms with Crippen molar-refractivity contribution < 1.29 is 75.8 Å². The van der Waals surface area contributed by atoms with Gasteiger partial charge in [0.15, 0.2) is 6.10 Å². The van der Waals surface area contributed by atoms with Crippen LogP contribution in [0.2, 0.25) is 0 Å². The Balaban J connectivity index is 4.48. The maximum Gasteiger partial charge on any atom is 0.472 e. The molecule has 0 aliphatic carbocycles. The van der Waals surface area contributed by atoms with Gasteiger partial charge in [0.25, 0.3) is 0 Å². The summed E-state index contributed by atoms with van der Waals surface area (Å²) >= 11 is 0. The van der Waals surface area contributed by atoms with Crippen molar-refractivity contribution in [1.82, 2.24) is 0 Å². The van der Waals surface area contributed by atoms with E-state index < -0.39 is 91.5 Å². The molecule has 0 amide bonds. The minimum absolute atomic E-state index is 0.0909. The number of aliphatic hydroxyl groups is 2. The lowest BCUT2D eigenvalue weighted by molar-refractivity contribution is -0.161. The van der Waals surface area contributed by atoms with E-state index in [0.29, 0.717) is 19.3 Å². The molecule has 5 atom stereocenters. The van der Waals surface area contributed by atoms with E-state index in [2.05, 4.69) is 118 Å². The molecule has 93 heavy (non-hydrogen) atoms. The van der Waals surface area contributed by atoms with Gasteiger partial charge in [-0.3, -0.25) is 32.5 Å². The first-order valence-corrected chi connectivity index (χ1v) is 39.5. The molecule has 0 rings (SSSR count). The van der Waals surface area contributed by atoms with Crippen LogP contribution in [0.4, 0.5) is 0 Å². The number of hydrogen-bond donors (Lipinski definition) is 4. The lowest BCUT2D eigenvalue weighted by atomic mass is 10.0. The van der Waals surface area contributed by atoms with Gasteiger partial charge in [-0.15, -0.1) is 0 Å². The summed E-state index contributed by atoms with van der Waals surface area (Å²) in [4.78, 5) is 58.4. The van der Waals surface area contributed by atoms with Crippen LogP contribution in [0.1, 0.15) is 303 Å². The van der Waals surface area contributed by atoms with E-state index in [-0.39, 0.29) is 19.3 Å². The van der Waals surface area contributed by atoms with E-state index in [1.165, 1.54) is 103 Å². The van der Waals surface area contributed by atoms with Gasteiger partial charge in [0.05, 0.1) is 26.4 Å². The highest BCUT2D eigenvalue weighted by Gasteiger charge is 2.29. The highest BCUT2D eigenvalue weighted by atomic mass is 31.2. The lowest BCUT2D eigenvalue weighted by Gasteiger charge is -2.21. The monoisotopic (exact) mass is 1350 g/mol. The summed E-state index contributed by atoms with van der Waals surface area (Å²) in [6.07, 6.45) is 76.1. The number of esters is 3. The number of carbonyl (C=O) groups is 3. The normalized spacial score (nSPS) is 14.7. The summed E-state index contributed by atoms with van der Waals surface area (Å²) in [6.45, 7) is 2.56. The molecule has 0 aromatic rings. The highest BCUT2D eigenvalue weighted by Crippen LogP contribution is 2.45. The number of rotatable bonds is 69. The average molecular weight is 1350 g/mol. The molecule has 0 radical (unpaired) electrons. The SMILES string of the molecule is CCCC/C=C\CCCCCCCC(=O)OC(COC(=O)CCCCCCCC/C=C\C/C=C\C/C=C\CCCCC)COP(=O)(O)OCC(O)COP(=O)(O)OCC(O)COC(=O)CCCCCCCCCCCCC/C=C\C/C=C\C/C=C\C/C=C\CCCCC. The quantitative estimate of drug-likeness (QED) is 0.0146. The molecule has 5 unspecified atom stereocenters. The first kappa shape index (κ1) is 89.5. The molecule has 0 heterocycles. The molecule has 0 aliphatic heterocycles. The maximum absolute atomic E-state index is 12.9. The third-order valence-corrected chi connectivity index (χ3v) is 17.2. The van der Waals surface area contributed by atoms with E-state index >= 15 is 0 Å². The van der Waals surface area contributed by atoms with Crippen LogP contribution in [-0.4, -0.2) is 95.9 Å². The van der Waals surface area contributed by atoms with Gasteiger partial charge in [-0.05, 0) is 122 Å². The molecular formula is C75H132O16P2. The van der Waals surface area contributed by atoms with Crippen molar-refractivity contribution in [2.45, 2.75) is 322 Å². The van der Waals surface area contributed by atoms with Crippen molar-refractivity contribution in [2.24, 2.45) is 0 Å². The number of hydrogen-bond acceptors (Lipinski definition) is 14. The van der Waals surface area contributed by atoms with Crippen molar-refractivity contribution in [2.75, 3.05) is 39.6 Å². The van der Waals surface area contributed by atoms with Crippen LogP contribution in [-0.2, 0) is 55.8 Å². The second-order valence-electron chi connectivity index (χ2n) is 24.4. The molecule has 0 saturated carbocycles. The first-order valence-electron chi connectivity index (χ1n) is 36.5. The summed E-state index contributed by atoms with van der Waals surface area (Å²) in [5.41, 5.74) is 0. The number of aliphatic hydroxyl groups excluding tert-OH is 2. The van der Waals surface area contributed by atoms with Crippen molar-refractivity contribution in [3.8, 4) is 0 Å². The van der Waals surface area contributed by atoms with Crippen LogP contribution in [0.25, 0.3) is 0 Å². The van der Waals surface area contributed by atoms with Crippen molar-refractivity contribution in [1.29, 1.82) is 0 Å². The molecule has 4 N–H and O–H groups in total. The van der Waals surface area contributed by atoms with Gasteiger partial charge in [0.2, 0.25) is 0 Å². The molecule has 538 valence electrons. The fraction of sp³-hybridized carbons (Fsp3) is 0.747. The summed E-state index contributed by atoms with van der Waals surface area (Å²) in [7, 11) is -9.78. The van der Waals surface area contributed by atoms with E-state index in [0.717, 1.165) is 141 Å². The topological polar surface area (TPSA) is 231 Å². The molecule has 0 spiro atoms. The van der Waals surface area contributed by atoms with E-state index in [1.807, 2.05) is 0 Å². The smallest absolute Gasteiger partial charge is 0.463 e. The standard InChI is InChI=1S/C75H132O16P2/c1-4-7-10-13-16-19-22-24-26-28-30-31-32-33-34-35-36-37-39-41-42-44-47-49-52-55-58-61-73(78)85-64-70(76)65-87-92(81,82)88-66-71(77)67-89-93(83,84)90-69-72(91-75(80)63-60-57-54-51-46-21-18-15-12-9-6-3)68-86-74(79)62-59-56-53-50-48-45-43-40-38-29-27-25-23-20-17-14-11-8-5-2/h15-20,24-27,30-31,33-34,38,40,70-72,76-77H,4-14,21-23,28-29,32,35-37,39,41-69H2,1-3H3,(H,81,82)(H,83,84)/b18-15-,19-16-,20-17-,26-24-,27-25-,31-30-,34-33-,40-38-. The van der Waals surface area contributed by atoms with Gasteiger partial charge in [-0.25, -0.2) is 9.13 Å². The Bertz CT molecular complexity index is 2080. The third-order valence-electron chi connectivity index (χ3n) is 15.3. The zero-order valence-corrected chi connectivity index (χ0v) is 60.2. The predicted octanol–water partition coefficient (Wildman–Crippen LogP) is 20.6. The Kier molecular flexibility index (Phi) is 65.8. The molecule has 0 aromatic heterocycles. The Labute approximate surface area is 565 Å². The lowest BCUT2D eigenvalue weighted by Crippen LogP contribution is -2.30. The first-order chi connectivity index (χ1) is 45.2. The second-order valence-corrected chi connectivity index (χ2v) is 27.3. The van der Waals surface area contributed by atoms with Crippen molar-refractivity contribution >= 4 is 33.6 Å². The molecule has 16 nitrogen and oxygen atoms in total. The Morgan fingerprint density at radius 1 is 0.301 bits per heavy atom. The largest absolute Gasteiger partial charge is 0.472 e. The van der Waals surface area contributed by atoms with Gasteiger partial charge in [0, 0.05) is 19.3 Å². The van der Waals surface area contributed by atoms with Crippen LogP contribution >= 0.6 is 15.6 Å². The molecule has 0 bridgehead atoms. The van der Waals surface area contributed by atoms with Gasteiger partial charge in [0.1, 0.15) is 25.4 Å². The van der Waals surface area contributed by atoms with Crippen LogP contribution in [0.5, 0.6) is 0 Å². The van der Waals surface area contributed by atoms with E-state index in [1.54, 1.807) is 0 Å².